The highest BCUT2D eigenvalue weighted by atomic mass is 16.5. The fraction of sp³-hybridized carbons (Fsp3) is 0.357. The number of carbonyl (C=O) groups excluding carboxylic acids is 2. The first kappa shape index (κ1) is 15.7. The quantitative estimate of drug-likeness (QED) is 0.614. The van der Waals surface area contributed by atoms with E-state index >= 15 is 0 Å². The Hall–Kier alpha value is -2.37. The molecule has 0 saturated carbocycles. The predicted molar refractivity (Wildman–Crippen MR) is 77.7 cm³/mol. The summed E-state index contributed by atoms with van der Waals surface area (Å²) in [7, 11) is 0. The molecule has 1 aromatic carbocycles. The summed E-state index contributed by atoms with van der Waals surface area (Å²) < 4.78 is 5.29. The van der Waals surface area contributed by atoms with Gasteiger partial charge in [-0.25, -0.2) is 5.43 Å². The molecular formula is C14H19N3O3. The van der Waals surface area contributed by atoms with E-state index in [1.54, 1.807) is 30.5 Å². The Kier molecular flexibility index (Phi) is 6.22. The highest BCUT2D eigenvalue weighted by Crippen LogP contribution is 2.15. The summed E-state index contributed by atoms with van der Waals surface area (Å²) in [5, 5.41) is 6.42. The van der Waals surface area contributed by atoms with E-state index < -0.39 is 0 Å². The van der Waals surface area contributed by atoms with Crippen molar-refractivity contribution in [2.24, 2.45) is 11.0 Å². The van der Waals surface area contributed by atoms with Gasteiger partial charge in [0.1, 0.15) is 5.75 Å². The second-order valence-electron chi connectivity index (χ2n) is 4.55. The summed E-state index contributed by atoms with van der Waals surface area (Å²) in [5.74, 6) is 0.355. The van der Waals surface area contributed by atoms with Crippen LogP contribution < -0.4 is 15.5 Å². The normalized spacial score (nSPS) is 10.6. The Morgan fingerprint density at radius 3 is 2.50 bits per heavy atom. The van der Waals surface area contributed by atoms with Crippen molar-refractivity contribution in [1.29, 1.82) is 0 Å². The fourth-order valence-corrected chi connectivity index (χ4v) is 1.28. The topological polar surface area (TPSA) is 79.8 Å². The monoisotopic (exact) mass is 277 g/mol. The lowest BCUT2D eigenvalue weighted by molar-refractivity contribution is -0.123. The fourth-order valence-electron chi connectivity index (χ4n) is 1.28. The summed E-state index contributed by atoms with van der Waals surface area (Å²) in [6, 6.07) is 6.75. The molecule has 0 aliphatic rings. The first-order chi connectivity index (χ1) is 9.47. The van der Waals surface area contributed by atoms with E-state index in [0.717, 1.165) is 0 Å². The molecule has 2 amide bonds. The van der Waals surface area contributed by atoms with Crippen molar-refractivity contribution in [2.45, 2.75) is 20.8 Å². The number of amides is 2. The lowest BCUT2D eigenvalue weighted by atomic mass is 10.3. The van der Waals surface area contributed by atoms with Crippen LogP contribution in [-0.4, -0.2) is 24.6 Å². The molecule has 0 heterocycles. The highest BCUT2D eigenvalue weighted by Gasteiger charge is 2.02. The minimum Gasteiger partial charge on any atom is -0.484 e. The van der Waals surface area contributed by atoms with Crippen molar-refractivity contribution in [2.75, 3.05) is 11.9 Å². The standard InChI is InChI=1S/C14H19N3O3/c1-10(2)8-15-17-14(19)9-20-13-6-4-12(5-7-13)16-11(3)18/h4-8,10H,9H2,1-3H3,(H,16,18)(H,17,19). The van der Waals surface area contributed by atoms with Gasteiger partial charge in [0.05, 0.1) is 0 Å². The molecule has 1 rings (SSSR count). The molecule has 1 aromatic rings. The number of ether oxygens (including phenoxy) is 1. The van der Waals surface area contributed by atoms with Crippen molar-refractivity contribution in [1.82, 2.24) is 5.43 Å². The van der Waals surface area contributed by atoms with Gasteiger partial charge in [-0.1, -0.05) is 13.8 Å². The van der Waals surface area contributed by atoms with Gasteiger partial charge in [-0.15, -0.1) is 0 Å². The van der Waals surface area contributed by atoms with Gasteiger partial charge in [-0.2, -0.15) is 5.10 Å². The highest BCUT2D eigenvalue weighted by molar-refractivity contribution is 5.88. The Morgan fingerprint density at radius 2 is 1.95 bits per heavy atom. The molecule has 20 heavy (non-hydrogen) atoms. The number of rotatable bonds is 6. The lowest BCUT2D eigenvalue weighted by Gasteiger charge is -2.06. The Morgan fingerprint density at radius 1 is 1.30 bits per heavy atom. The molecule has 0 atom stereocenters. The smallest absolute Gasteiger partial charge is 0.277 e. The molecule has 6 nitrogen and oxygen atoms in total. The first-order valence-electron chi connectivity index (χ1n) is 6.30. The molecule has 0 aliphatic carbocycles. The number of anilines is 1. The van der Waals surface area contributed by atoms with Crippen LogP contribution in [0.25, 0.3) is 0 Å². The SMILES string of the molecule is CC(=O)Nc1ccc(OCC(=O)NN=CC(C)C)cc1. The average molecular weight is 277 g/mol. The molecule has 0 saturated heterocycles. The van der Waals surface area contributed by atoms with E-state index in [2.05, 4.69) is 15.8 Å². The second kappa shape index (κ2) is 7.93. The van der Waals surface area contributed by atoms with Gasteiger partial charge in [0.25, 0.3) is 5.91 Å². The summed E-state index contributed by atoms with van der Waals surface area (Å²) in [5.41, 5.74) is 3.05. The molecule has 0 radical (unpaired) electrons. The maximum atomic E-state index is 11.4. The van der Waals surface area contributed by atoms with E-state index in [9.17, 15) is 9.59 Å². The summed E-state index contributed by atoms with van der Waals surface area (Å²) >= 11 is 0. The zero-order valence-corrected chi connectivity index (χ0v) is 11.8. The molecule has 0 aromatic heterocycles. The third-order valence-corrected chi connectivity index (χ3v) is 2.11. The maximum absolute atomic E-state index is 11.4. The zero-order valence-electron chi connectivity index (χ0n) is 11.8. The van der Waals surface area contributed by atoms with Gasteiger partial charge >= 0.3 is 0 Å². The van der Waals surface area contributed by atoms with Crippen molar-refractivity contribution in [3.63, 3.8) is 0 Å². The van der Waals surface area contributed by atoms with Gasteiger partial charge in [0.15, 0.2) is 6.61 Å². The second-order valence-corrected chi connectivity index (χ2v) is 4.55. The van der Waals surface area contributed by atoms with Crippen LogP contribution in [0.15, 0.2) is 29.4 Å². The molecule has 6 heteroatoms. The summed E-state index contributed by atoms with van der Waals surface area (Å²) in [6.45, 7) is 5.24. The molecule has 0 unspecified atom stereocenters. The summed E-state index contributed by atoms with van der Waals surface area (Å²) in [6.07, 6.45) is 1.64. The van der Waals surface area contributed by atoms with E-state index in [-0.39, 0.29) is 24.3 Å². The van der Waals surface area contributed by atoms with Gasteiger partial charge < -0.3 is 10.1 Å². The van der Waals surface area contributed by atoms with Crippen LogP contribution in [0, 0.1) is 5.92 Å². The number of nitrogens with zero attached hydrogens (tertiary/aromatic N) is 1. The number of hydrazone groups is 1. The minimum atomic E-state index is -0.326. The third kappa shape index (κ3) is 6.53. The van der Waals surface area contributed by atoms with E-state index in [1.165, 1.54) is 6.92 Å². The Labute approximate surface area is 118 Å². The number of benzene rings is 1. The number of nitrogens with one attached hydrogen (secondary N) is 2. The van der Waals surface area contributed by atoms with Gasteiger partial charge in [-0.05, 0) is 30.2 Å². The number of hydrogen-bond donors (Lipinski definition) is 2. The van der Waals surface area contributed by atoms with Crippen LogP contribution in [0.3, 0.4) is 0 Å². The van der Waals surface area contributed by atoms with Crippen molar-refractivity contribution >= 4 is 23.7 Å². The minimum absolute atomic E-state index is 0.116. The van der Waals surface area contributed by atoms with Gasteiger partial charge in [0.2, 0.25) is 5.91 Å². The van der Waals surface area contributed by atoms with Crippen molar-refractivity contribution in [3.05, 3.63) is 24.3 Å². The third-order valence-electron chi connectivity index (χ3n) is 2.11. The van der Waals surface area contributed by atoms with Crippen LogP contribution >= 0.6 is 0 Å². The average Bonchev–Trinajstić information content (AvgIpc) is 2.37. The molecule has 0 bridgehead atoms. The number of hydrogen-bond acceptors (Lipinski definition) is 4. The van der Waals surface area contributed by atoms with Crippen LogP contribution in [-0.2, 0) is 9.59 Å². The van der Waals surface area contributed by atoms with Crippen LogP contribution in [0.4, 0.5) is 5.69 Å². The van der Waals surface area contributed by atoms with Crippen molar-refractivity contribution < 1.29 is 14.3 Å². The number of carbonyl (C=O) groups is 2. The molecule has 0 spiro atoms. The molecule has 108 valence electrons. The van der Waals surface area contributed by atoms with Crippen LogP contribution in [0.1, 0.15) is 20.8 Å². The summed E-state index contributed by atoms with van der Waals surface area (Å²) in [4.78, 5) is 22.3. The lowest BCUT2D eigenvalue weighted by Crippen LogP contribution is -2.24. The molecular weight excluding hydrogens is 258 g/mol. The maximum Gasteiger partial charge on any atom is 0.277 e. The Bertz CT molecular complexity index is 481. The van der Waals surface area contributed by atoms with E-state index in [4.69, 9.17) is 4.74 Å². The predicted octanol–water partition coefficient (Wildman–Crippen LogP) is 1.78. The van der Waals surface area contributed by atoms with E-state index in [1.807, 2.05) is 13.8 Å². The molecule has 0 aliphatic heterocycles. The molecule has 2 N–H and O–H groups in total. The van der Waals surface area contributed by atoms with Crippen LogP contribution in [0.2, 0.25) is 0 Å². The van der Waals surface area contributed by atoms with Gasteiger partial charge in [0, 0.05) is 18.8 Å². The Balaban J connectivity index is 2.38. The first-order valence-corrected chi connectivity index (χ1v) is 6.30. The largest absolute Gasteiger partial charge is 0.484 e. The van der Waals surface area contributed by atoms with Crippen LogP contribution in [0.5, 0.6) is 5.75 Å². The van der Waals surface area contributed by atoms with Gasteiger partial charge in [-0.3, -0.25) is 9.59 Å². The molecule has 0 fully saturated rings. The van der Waals surface area contributed by atoms with Crippen molar-refractivity contribution in [3.8, 4) is 5.75 Å². The van der Waals surface area contributed by atoms with E-state index in [0.29, 0.717) is 11.4 Å². The zero-order chi connectivity index (χ0) is 15.0.